The molecule has 0 N–H and O–H groups in total. The van der Waals surface area contributed by atoms with E-state index < -0.39 is 21.8 Å². The van der Waals surface area contributed by atoms with Gasteiger partial charge in [-0.15, -0.1) is 0 Å². The van der Waals surface area contributed by atoms with Crippen molar-refractivity contribution in [3.05, 3.63) is 24.3 Å². The molecule has 0 aromatic rings. The third kappa shape index (κ3) is 161. The van der Waals surface area contributed by atoms with Gasteiger partial charge in [0.2, 0.25) is 0 Å². The number of halogens is 12. The average Bonchev–Trinajstić information content (AvgIpc) is 2.05. The van der Waals surface area contributed by atoms with Gasteiger partial charge in [-0.1, -0.05) is 24.3 Å². The second-order valence-corrected chi connectivity index (χ2v) is 3.63. The largest absolute Gasteiger partial charge is 3.00 e. The van der Waals surface area contributed by atoms with Crippen molar-refractivity contribution in [2.24, 2.45) is 0 Å². The van der Waals surface area contributed by atoms with E-state index in [0.717, 1.165) is 0 Å². The minimum Gasteiger partial charge on any atom is -0.418 e. The Bertz CT molecular complexity index is 261. The second-order valence-electron chi connectivity index (χ2n) is 3.63. The molecule has 0 atom stereocenters. The zero-order chi connectivity index (χ0) is 19.2. The minimum absolute atomic E-state index is 0. The summed E-state index contributed by atoms with van der Waals surface area (Å²) in [4.78, 5) is 0. The molecule has 0 amide bonds. The molecule has 0 radical (unpaired) electrons. The molecule has 0 unspecified atom stereocenters. The van der Waals surface area contributed by atoms with E-state index in [-0.39, 0.29) is 19.5 Å². The standard InChI is InChI=1S/C8H12.3BF4.Rh/c1-2-4-6-8-7-5-3-1;3*2-1(3,4)5;/h1-4H,5-8H2;;;;/q;3*-1;+3. The monoisotopic (exact) mass is 472 g/mol. The third-order valence-corrected chi connectivity index (χ3v) is 1.37. The fourth-order valence-corrected chi connectivity index (χ4v) is 0.874. The first kappa shape index (κ1) is 31.2. The maximum atomic E-state index is 9.75. The van der Waals surface area contributed by atoms with Gasteiger partial charge in [0.05, 0.1) is 0 Å². The van der Waals surface area contributed by atoms with Crippen molar-refractivity contribution in [2.45, 2.75) is 25.7 Å². The third-order valence-electron chi connectivity index (χ3n) is 1.37. The molecule has 1 rings (SSSR count). The van der Waals surface area contributed by atoms with Crippen LogP contribution < -0.4 is 0 Å². The van der Waals surface area contributed by atoms with Gasteiger partial charge in [-0.25, -0.2) is 0 Å². The van der Waals surface area contributed by atoms with Crippen LogP contribution in [0.5, 0.6) is 0 Å². The Labute approximate surface area is 143 Å². The summed E-state index contributed by atoms with van der Waals surface area (Å²) in [5, 5.41) is 0. The molecule has 0 heterocycles. The molecule has 16 heteroatoms. The van der Waals surface area contributed by atoms with Gasteiger partial charge in [-0.2, -0.15) is 0 Å². The van der Waals surface area contributed by atoms with Crippen molar-refractivity contribution in [1.29, 1.82) is 0 Å². The zero-order valence-corrected chi connectivity index (χ0v) is 13.4. The van der Waals surface area contributed by atoms with Crippen molar-refractivity contribution < 1.29 is 71.3 Å². The summed E-state index contributed by atoms with van der Waals surface area (Å²) in [5.74, 6) is 0. The number of hydrogen-bond acceptors (Lipinski definition) is 0. The smallest absolute Gasteiger partial charge is 0.418 e. The van der Waals surface area contributed by atoms with Gasteiger partial charge in [0.25, 0.3) is 0 Å². The summed E-state index contributed by atoms with van der Waals surface area (Å²) < 4.78 is 117. The van der Waals surface area contributed by atoms with Gasteiger partial charge in [0.1, 0.15) is 0 Å². The summed E-state index contributed by atoms with van der Waals surface area (Å²) in [5.41, 5.74) is 0. The van der Waals surface area contributed by atoms with E-state index in [9.17, 15) is 51.8 Å². The van der Waals surface area contributed by atoms with Crippen molar-refractivity contribution in [3.8, 4) is 0 Å². The van der Waals surface area contributed by atoms with Gasteiger partial charge in [0, 0.05) is 0 Å². The average molecular weight is 472 g/mol. The van der Waals surface area contributed by atoms with Crippen molar-refractivity contribution >= 4 is 21.8 Å². The number of rotatable bonds is 0. The van der Waals surface area contributed by atoms with Gasteiger partial charge >= 0.3 is 41.2 Å². The summed E-state index contributed by atoms with van der Waals surface area (Å²) in [6.07, 6.45) is 14.0. The molecular weight excluding hydrogens is 459 g/mol. The number of allylic oxidation sites excluding steroid dienone is 4. The topological polar surface area (TPSA) is 0 Å². The van der Waals surface area contributed by atoms with Gasteiger partial charge < -0.3 is 51.8 Å². The molecule has 0 aliphatic heterocycles. The molecule has 0 aromatic carbocycles. The van der Waals surface area contributed by atoms with Crippen LogP contribution in [0.4, 0.5) is 51.8 Å². The normalized spacial score (nSPS) is 14.2. The summed E-state index contributed by atoms with van der Waals surface area (Å²) >= 11 is 0. The maximum absolute atomic E-state index is 9.75. The summed E-state index contributed by atoms with van der Waals surface area (Å²) in [6, 6.07) is 0. The van der Waals surface area contributed by atoms with E-state index in [0.29, 0.717) is 0 Å². The Hall–Kier alpha value is -0.542. The van der Waals surface area contributed by atoms with E-state index in [1.165, 1.54) is 25.7 Å². The molecule has 0 bridgehead atoms. The molecular formula is C8H12B3F12Rh. The molecule has 0 nitrogen and oxygen atoms in total. The molecule has 0 saturated heterocycles. The van der Waals surface area contributed by atoms with Crippen LogP contribution in [-0.2, 0) is 19.5 Å². The number of hydrogen-bond donors (Lipinski definition) is 0. The van der Waals surface area contributed by atoms with Crippen LogP contribution in [-0.4, -0.2) is 21.8 Å². The van der Waals surface area contributed by atoms with Crippen LogP contribution in [0.25, 0.3) is 0 Å². The molecule has 24 heavy (non-hydrogen) atoms. The first-order chi connectivity index (χ1) is 10.0. The van der Waals surface area contributed by atoms with Crippen molar-refractivity contribution in [3.63, 3.8) is 0 Å². The fraction of sp³-hybridized carbons (Fsp3) is 0.500. The minimum atomic E-state index is -6.00. The van der Waals surface area contributed by atoms with E-state index in [1.807, 2.05) is 0 Å². The molecule has 1 aliphatic carbocycles. The van der Waals surface area contributed by atoms with Crippen molar-refractivity contribution in [2.75, 3.05) is 0 Å². The molecule has 0 saturated carbocycles. The summed E-state index contributed by atoms with van der Waals surface area (Å²) in [7, 11) is -18.0. The molecule has 0 fully saturated rings. The predicted molar refractivity (Wildman–Crippen MR) is 67.3 cm³/mol. The van der Waals surface area contributed by atoms with Crippen LogP contribution in [0.1, 0.15) is 25.7 Å². The molecule has 0 aromatic heterocycles. The predicted octanol–water partition coefficient (Wildman–Crippen LogP) is 6.57. The van der Waals surface area contributed by atoms with E-state index in [2.05, 4.69) is 24.3 Å². The SMILES string of the molecule is C1=CCCCCC=C1.F[B-](F)(F)F.F[B-](F)(F)F.F[B-](F)(F)F.[Rh+3]. The first-order valence-electron chi connectivity index (χ1n) is 5.94. The Morgan fingerprint density at radius 3 is 0.792 bits per heavy atom. The van der Waals surface area contributed by atoms with Crippen LogP contribution in [0, 0.1) is 0 Å². The Balaban J connectivity index is -0.000000113. The Morgan fingerprint density at radius 1 is 0.458 bits per heavy atom. The van der Waals surface area contributed by atoms with Gasteiger partial charge in [0.15, 0.2) is 0 Å². The second kappa shape index (κ2) is 16.0. The van der Waals surface area contributed by atoms with Gasteiger partial charge in [-0.3, -0.25) is 0 Å². The quantitative estimate of drug-likeness (QED) is 0.277. The van der Waals surface area contributed by atoms with E-state index in [4.69, 9.17) is 0 Å². The van der Waals surface area contributed by atoms with Crippen LogP contribution in [0.2, 0.25) is 0 Å². The maximum Gasteiger partial charge on any atom is 3.00 e. The fourth-order valence-electron chi connectivity index (χ4n) is 0.874. The van der Waals surface area contributed by atoms with Crippen molar-refractivity contribution in [1.82, 2.24) is 0 Å². The molecule has 146 valence electrons. The first-order valence-corrected chi connectivity index (χ1v) is 5.94. The molecule has 1 aliphatic rings. The van der Waals surface area contributed by atoms with Crippen LogP contribution in [0.3, 0.4) is 0 Å². The van der Waals surface area contributed by atoms with Crippen LogP contribution >= 0.6 is 0 Å². The zero-order valence-electron chi connectivity index (χ0n) is 11.7. The Morgan fingerprint density at radius 2 is 0.625 bits per heavy atom. The van der Waals surface area contributed by atoms with Crippen LogP contribution in [0.15, 0.2) is 24.3 Å². The van der Waals surface area contributed by atoms with E-state index in [1.54, 1.807) is 0 Å². The van der Waals surface area contributed by atoms with Gasteiger partial charge in [-0.05, 0) is 25.7 Å². The Kier molecular flexibility index (Phi) is 20.8. The van der Waals surface area contributed by atoms with E-state index >= 15 is 0 Å². The molecule has 0 spiro atoms. The summed E-state index contributed by atoms with van der Waals surface area (Å²) in [6.45, 7) is 0.